The van der Waals surface area contributed by atoms with Crippen molar-refractivity contribution in [3.8, 4) is 0 Å². The molecule has 0 unspecified atom stereocenters. The Balaban J connectivity index is 1.80. The Bertz CT molecular complexity index is 694. The molecule has 0 aliphatic heterocycles. The summed E-state index contributed by atoms with van der Waals surface area (Å²) in [6.45, 7) is 2.42. The fourth-order valence-electron chi connectivity index (χ4n) is 2.14. The van der Waals surface area contributed by atoms with Gasteiger partial charge in [-0.3, -0.25) is 4.79 Å². The van der Waals surface area contributed by atoms with E-state index in [1.165, 1.54) is 6.07 Å². The molecule has 6 heteroatoms. The van der Waals surface area contributed by atoms with Crippen LogP contribution in [0.1, 0.15) is 24.1 Å². The molecular weight excluding hydrogens is 322 g/mol. The van der Waals surface area contributed by atoms with Gasteiger partial charge in [-0.1, -0.05) is 23.7 Å². The molecule has 2 rings (SSSR count). The standard InChI is InChI=1S/C17H17ClF2N2O/c1-11(13-5-6-15(19)16(20)8-13)21-10-17(23)22-9-12-3-2-4-14(18)7-12/h2-8,11,21H,9-10H2,1H3,(H,22,23)/p+1/t11-/m1/s1. The minimum atomic E-state index is -0.881. The highest BCUT2D eigenvalue weighted by Crippen LogP contribution is 2.13. The van der Waals surface area contributed by atoms with Crippen molar-refractivity contribution in [2.75, 3.05) is 6.54 Å². The van der Waals surface area contributed by atoms with Crippen LogP contribution >= 0.6 is 11.6 Å². The number of halogens is 3. The fourth-order valence-corrected chi connectivity index (χ4v) is 2.35. The van der Waals surface area contributed by atoms with Crippen LogP contribution in [0.15, 0.2) is 42.5 Å². The van der Waals surface area contributed by atoms with Crippen LogP contribution in [-0.2, 0) is 11.3 Å². The highest BCUT2D eigenvalue weighted by Gasteiger charge is 2.13. The molecule has 3 N–H and O–H groups in total. The first-order valence-corrected chi connectivity index (χ1v) is 7.63. The Morgan fingerprint density at radius 3 is 2.70 bits per heavy atom. The first-order chi connectivity index (χ1) is 11.0. The molecule has 23 heavy (non-hydrogen) atoms. The number of carbonyl (C=O) groups excluding carboxylic acids is 1. The summed E-state index contributed by atoms with van der Waals surface area (Å²) >= 11 is 5.88. The van der Waals surface area contributed by atoms with Crippen molar-refractivity contribution < 1.29 is 18.9 Å². The smallest absolute Gasteiger partial charge is 0.275 e. The summed E-state index contributed by atoms with van der Waals surface area (Å²) < 4.78 is 26.1. The molecular formula is C17H18ClF2N2O+. The van der Waals surface area contributed by atoms with E-state index in [2.05, 4.69) is 5.32 Å². The Kier molecular flexibility index (Phi) is 6.07. The third-order valence-corrected chi connectivity index (χ3v) is 3.74. The van der Waals surface area contributed by atoms with Crippen LogP contribution in [-0.4, -0.2) is 12.5 Å². The number of amides is 1. The lowest BCUT2D eigenvalue weighted by Crippen LogP contribution is -2.87. The molecule has 0 fully saturated rings. The summed E-state index contributed by atoms with van der Waals surface area (Å²) in [5.74, 6) is -1.90. The van der Waals surface area contributed by atoms with Crippen molar-refractivity contribution in [1.29, 1.82) is 0 Å². The molecule has 2 aromatic carbocycles. The Morgan fingerprint density at radius 2 is 2.00 bits per heavy atom. The topological polar surface area (TPSA) is 45.7 Å². The van der Waals surface area contributed by atoms with Crippen molar-refractivity contribution in [2.24, 2.45) is 0 Å². The van der Waals surface area contributed by atoms with Gasteiger partial charge in [0.25, 0.3) is 5.91 Å². The maximum atomic E-state index is 13.2. The van der Waals surface area contributed by atoms with Gasteiger partial charge in [0.05, 0.1) is 0 Å². The van der Waals surface area contributed by atoms with Gasteiger partial charge < -0.3 is 10.6 Å². The zero-order chi connectivity index (χ0) is 16.8. The van der Waals surface area contributed by atoms with E-state index >= 15 is 0 Å². The molecule has 0 spiro atoms. The first-order valence-electron chi connectivity index (χ1n) is 7.25. The molecule has 1 atom stereocenters. The van der Waals surface area contributed by atoms with E-state index in [4.69, 9.17) is 11.6 Å². The van der Waals surface area contributed by atoms with Gasteiger partial charge in [-0.05, 0) is 42.8 Å². The monoisotopic (exact) mass is 339 g/mol. The second-order valence-corrected chi connectivity index (χ2v) is 5.75. The van der Waals surface area contributed by atoms with Gasteiger partial charge in [0.15, 0.2) is 18.2 Å². The predicted octanol–water partition coefficient (Wildman–Crippen LogP) is 2.56. The number of benzene rings is 2. The van der Waals surface area contributed by atoms with Crippen LogP contribution in [0, 0.1) is 11.6 Å². The zero-order valence-corrected chi connectivity index (χ0v) is 13.4. The van der Waals surface area contributed by atoms with E-state index in [0.717, 1.165) is 17.7 Å². The van der Waals surface area contributed by atoms with E-state index in [1.54, 1.807) is 17.4 Å². The maximum absolute atomic E-state index is 13.2. The normalized spacial score (nSPS) is 12.0. The van der Waals surface area contributed by atoms with Gasteiger partial charge >= 0.3 is 0 Å². The lowest BCUT2D eigenvalue weighted by molar-refractivity contribution is -0.682. The molecule has 0 radical (unpaired) electrons. The summed E-state index contributed by atoms with van der Waals surface area (Å²) in [5, 5.41) is 5.18. The van der Waals surface area contributed by atoms with Crippen LogP contribution in [0.4, 0.5) is 8.78 Å². The van der Waals surface area contributed by atoms with E-state index in [1.807, 2.05) is 19.1 Å². The average molecular weight is 340 g/mol. The van der Waals surface area contributed by atoms with Gasteiger partial charge in [-0.2, -0.15) is 0 Å². The van der Waals surface area contributed by atoms with Crippen molar-refractivity contribution in [3.63, 3.8) is 0 Å². The molecule has 0 saturated carbocycles. The SMILES string of the molecule is C[C@@H]([NH2+]CC(=O)NCc1cccc(Cl)c1)c1ccc(F)c(F)c1. The van der Waals surface area contributed by atoms with Crippen molar-refractivity contribution in [3.05, 3.63) is 70.2 Å². The molecule has 0 aromatic heterocycles. The molecule has 0 heterocycles. The maximum Gasteiger partial charge on any atom is 0.275 e. The average Bonchev–Trinajstić information content (AvgIpc) is 2.53. The molecule has 3 nitrogen and oxygen atoms in total. The Hall–Kier alpha value is -1.98. The van der Waals surface area contributed by atoms with Crippen LogP contribution in [0.25, 0.3) is 0 Å². The predicted molar refractivity (Wildman–Crippen MR) is 84.9 cm³/mol. The van der Waals surface area contributed by atoms with E-state index in [-0.39, 0.29) is 18.5 Å². The second-order valence-electron chi connectivity index (χ2n) is 5.31. The highest BCUT2D eigenvalue weighted by atomic mass is 35.5. The number of quaternary nitrogens is 1. The lowest BCUT2D eigenvalue weighted by Gasteiger charge is -2.11. The van der Waals surface area contributed by atoms with Crippen molar-refractivity contribution in [1.82, 2.24) is 5.32 Å². The summed E-state index contributed by atoms with van der Waals surface area (Å²) in [5.41, 5.74) is 1.55. The molecule has 0 saturated heterocycles. The van der Waals surface area contributed by atoms with Gasteiger partial charge in [0.1, 0.15) is 6.04 Å². The summed E-state index contributed by atoms with van der Waals surface area (Å²) in [7, 11) is 0. The second kappa shape index (κ2) is 8.04. The van der Waals surface area contributed by atoms with E-state index in [9.17, 15) is 13.6 Å². The highest BCUT2D eigenvalue weighted by molar-refractivity contribution is 6.30. The number of hydrogen-bond donors (Lipinski definition) is 2. The molecule has 1 amide bonds. The number of nitrogens with one attached hydrogen (secondary N) is 1. The van der Waals surface area contributed by atoms with Gasteiger partial charge in [0, 0.05) is 17.1 Å². The summed E-state index contributed by atoms with van der Waals surface area (Å²) in [4.78, 5) is 11.8. The van der Waals surface area contributed by atoms with E-state index < -0.39 is 11.6 Å². The number of hydrogen-bond acceptors (Lipinski definition) is 1. The van der Waals surface area contributed by atoms with Crippen LogP contribution < -0.4 is 10.6 Å². The molecule has 2 aromatic rings. The minimum absolute atomic E-state index is 0.139. The molecule has 0 bridgehead atoms. The molecule has 122 valence electrons. The third kappa shape index (κ3) is 5.30. The Labute approximate surface area is 138 Å². The van der Waals surface area contributed by atoms with Crippen molar-refractivity contribution >= 4 is 17.5 Å². The number of rotatable bonds is 6. The van der Waals surface area contributed by atoms with Gasteiger partial charge in [0.2, 0.25) is 0 Å². The first kappa shape index (κ1) is 17.4. The van der Waals surface area contributed by atoms with Crippen LogP contribution in [0.2, 0.25) is 5.02 Å². The van der Waals surface area contributed by atoms with Crippen molar-refractivity contribution in [2.45, 2.75) is 19.5 Å². The summed E-state index contributed by atoms with van der Waals surface area (Å²) in [6.07, 6.45) is 0. The minimum Gasteiger partial charge on any atom is -0.347 e. The van der Waals surface area contributed by atoms with Gasteiger partial charge in [-0.15, -0.1) is 0 Å². The van der Waals surface area contributed by atoms with E-state index in [0.29, 0.717) is 17.1 Å². The number of nitrogens with two attached hydrogens (primary N) is 1. The Morgan fingerprint density at radius 1 is 1.22 bits per heavy atom. The largest absolute Gasteiger partial charge is 0.347 e. The lowest BCUT2D eigenvalue weighted by atomic mass is 10.1. The third-order valence-electron chi connectivity index (χ3n) is 3.50. The molecule has 0 aliphatic carbocycles. The number of carbonyl (C=O) groups is 1. The van der Waals surface area contributed by atoms with Gasteiger partial charge in [-0.25, -0.2) is 8.78 Å². The van der Waals surface area contributed by atoms with Crippen LogP contribution in [0.3, 0.4) is 0 Å². The zero-order valence-electron chi connectivity index (χ0n) is 12.7. The quantitative estimate of drug-likeness (QED) is 0.834. The molecule has 0 aliphatic rings. The fraction of sp³-hybridized carbons (Fsp3) is 0.235. The van der Waals surface area contributed by atoms with Crippen LogP contribution in [0.5, 0.6) is 0 Å². The summed E-state index contributed by atoms with van der Waals surface area (Å²) in [6, 6.07) is 10.9.